The first-order valence-electron chi connectivity index (χ1n) is 8.15. The number of carbonyl (C=O) groups is 1. The number of carbonyl (C=O) groups excluding carboxylic acids is 1. The number of hydrogen-bond donors (Lipinski definition) is 1. The van der Waals surface area contributed by atoms with Crippen LogP contribution in [0.1, 0.15) is 16.1 Å². The van der Waals surface area contributed by atoms with Crippen LogP contribution in [0.3, 0.4) is 0 Å². The molecular formula is C21H17N3O. The number of nitrogens with one attached hydrogen (secondary N) is 1. The van der Waals surface area contributed by atoms with Crippen molar-refractivity contribution in [2.75, 3.05) is 4.90 Å². The molecule has 4 aromatic rings. The second kappa shape index (κ2) is 6.61. The van der Waals surface area contributed by atoms with Gasteiger partial charge in [0.2, 0.25) is 0 Å². The molecule has 2 aromatic heterocycles. The maximum absolute atomic E-state index is 13.2. The zero-order valence-corrected chi connectivity index (χ0v) is 13.6. The topological polar surface area (TPSA) is 49.0 Å². The minimum atomic E-state index is -0.0637. The molecule has 1 amide bonds. The van der Waals surface area contributed by atoms with Gasteiger partial charge in [-0.3, -0.25) is 9.78 Å². The van der Waals surface area contributed by atoms with E-state index in [1.54, 1.807) is 17.3 Å². The highest BCUT2D eigenvalue weighted by molar-refractivity contribution is 6.07. The minimum absolute atomic E-state index is 0.0637. The summed E-state index contributed by atoms with van der Waals surface area (Å²) in [4.78, 5) is 22.3. The van der Waals surface area contributed by atoms with Gasteiger partial charge in [-0.15, -0.1) is 0 Å². The highest BCUT2D eigenvalue weighted by Gasteiger charge is 2.20. The van der Waals surface area contributed by atoms with Crippen LogP contribution in [0.25, 0.3) is 10.9 Å². The first kappa shape index (κ1) is 15.1. The molecule has 0 aliphatic rings. The number of amides is 1. The molecular weight excluding hydrogens is 310 g/mol. The van der Waals surface area contributed by atoms with Crippen molar-refractivity contribution < 1.29 is 4.79 Å². The molecule has 0 radical (unpaired) electrons. The number of para-hydroxylation sites is 2. The number of pyridine rings is 1. The number of anilines is 1. The summed E-state index contributed by atoms with van der Waals surface area (Å²) in [5.74, 6) is -0.0637. The summed E-state index contributed by atoms with van der Waals surface area (Å²) in [7, 11) is 0. The molecule has 4 heteroatoms. The summed E-state index contributed by atoms with van der Waals surface area (Å²) in [5, 5.41) is 1.03. The number of aromatic amines is 1. The zero-order valence-electron chi connectivity index (χ0n) is 13.6. The Morgan fingerprint density at radius 3 is 2.52 bits per heavy atom. The van der Waals surface area contributed by atoms with Crippen LogP contribution in [0.2, 0.25) is 0 Å². The molecule has 0 fully saturated rings. The van der Waals surface area contributed by atoms with E-state index in [9.17, 15) is 4.79 Å². The van der Waals surface area contributed by atoms with Gasteiger partial charge >= 0.3 is 0 Å². The molecule has 0 aliphatic carbocycles. The predicted octanol–water partition coefficient (Wildman–Crippen LogP) is 4.41. The number of fused-ring (bicyclic) bond motifs is 1. The van der Waals surface area contributed by atoms with Crippen molar-refractivity contribution in [1.29, 1.82) is 0 Å². The van der Waals surface area contributed by atoms with Gasteiger partial charge in [0, 0.05) is 29.0 Å². The van der Waals surface area contributed by atoms with Crippen molar-refractivity contribution in [1.82, 2.24) is 9.97 Å². The third-order valence-corrected chi connectivity index (χ3v) is 4.14. The van der Waals surface area contributed by atoms with Gasteiger partial charge < -0.3 is 9.88 Å². The number of hydrogen-bond acceptors (Lipinski definition) is 2. The van der Waals surface area contributed by atoms with Gasteiger partial charge in [0.25, 0.3) is 5.91 Å². The van der Waals surface area contributed by atoms with Gasteiger partial charge in [-0.2, -0.15) is 0 Å². The number of aromatic nitrogens is 2. The van der Waals surface area contributed by atoms with Gasteiger partial charge in [-0.1, -0.05) is 42.5 Å². The smallest absolute Gasteiger partial charge is 0.275 e. The number of H-pyrrole nitrogens is 1. The molecule has 4 rings (SSSR count). The summed E-state index contributed by atoms with van der Waals surface area (Å²) in [6, 6.07) is 23.3. The SMILES string of the molecule is O=C(c1cc2ccccc2[nH]1)N(Cc1cccnc1)c1ccccc1. The van der Waals surface area contributed by atoms with E-state index < -0.39 is 0 Å². The fraction of sp³-hybridized carbons (Fsp3) is 0.0476. The Bertz CT molecular complexity index is 960. The van der Waals surface area contributed by atoms with Crippen LogP contribution in [0.15, 0.2) is 85.2 Å². The number of rotatable bonds is 4. The zero-order chi connectivity index (χ0) is 17.1. The molecule has 122 valence electrons. The maximum atomic E-state index is 13.2. The molecule has 0 spiro atoms. The minimum Gasteiger partial charge on any atom is -0.351 e. The van der Waals surface area contributed by atoms with Gasteiger partial charge in [0.15, 0.2) is 0 Å². The molecule has 0 unspecified atom stereocenters. The first-order valence-corrected chi connectivity index (χ1v) is 8.15. The largest absolute Gasteiger partial charge is 0.351 e. The van der Waals surface area contributed by atoms with Gasteiger partial charge in [-0.25, -0.2) is 0 Å². The Morgan fingerprint density at radius 1 is 0.960 bits per heavy atom. The molecule has 1 N–H and O–H groups in total. The molecule has 0 atom stereocenters. The van der Waals surface area contributed by atoms with Crippen molar-refractivity contribution in [2.45, 2.75) is 6.54 Å². The van der Waals surface area contributed by atoms with Crippen LogP contribution >= 0.6 is 0 Å². The summed E-state index contributed by atoms with van der Waals surface area (Å²) in [5.41, 5.74) is 3.38. The van der Waals surface area contributed by atoms with Crippen LogP contribution < -0.4 is 4.90 Å². The monoisotopic (exact) mass is 327 g/mol. The molecule has 4 nitrogen and oxygen atoms in total. The molecule has 0 bridgehead atoms. The molecule has 0 saturated heterocycles. The van der Waals surface area contributed by atoms with Crippen LogP contribution in [0, 0.1) is 0 Å². The van der Waals surface area contributed by atoms with Crippen LogP contribution in [-0.4, -0.2) is 15.9 Å². The normalized spacial score (nSPS) is 10.7. The van der Waals surface area contributed by atoms with Crippen molar-refractivity contribution >= 4 is 22.5 Å². The summed E-state index contributed by atoms with van der Waals surface area (Å²) in [6.45, 7) is 0.464. The van der Waals surface area contributed by atoms with Crippen molar-refractivity contribution in [3.05, 3.63) is 96.4 Å². The Hall–Kier alpha value is -3.40. The highest BCUT2D eigenvalue weighted by Crippen LogP contribution is 2.22. The fourth-order valence-electron chi connectivity index (χ4n) is 2.90. The summed E-state index contributed by atoms with van der Waals surface area (Å²) >= 11 is 0. The van der Waals surface area contributed by atoms with Crippen molar-refractivity contribution in [3.63, 3.8) is 0 Å². The van der Waals surface area contributed by atoms with E-state index in [-0.39, 0.29) is 5.91 Å². The van der Waals surface area contributed by atoms with Crippen LogP contribution in [0.5, 0.6) is 0 Å². The highest BCUT2D eigenvalue weighted by atomic mass is 16.2. The second-order valence-electron chi connectivity index (χ2n) is 5.86. The van der Waals surface area contributed by atoms with Gasteiger partial charge in [0.05, 0.1) is 6.54 Å². The average Bonchev–Trinajstić information content (AvgIpc) is 3.11. The lowest BCUT2D eigenvalue weighted by Gasteiger charge is -2.22. The maximum Gasteiger partial charge on any atom is 0.275 e. The first-order chi connectivity index (χ1) is 12.3. The summed E-state index contributed by atoms with van der Waals surface area (Å²) < 4.78 is 0. The third-order valence-electron chi connectivity index (χ3n) is 4.14. The Morgan fingerprint density at radius 2 is 1.76 bits per heavy atom. The van der Waals surface area contributed by atoms with Gasteiger partial charge in [0.1, 0.15) is 5.69 Å². The second-order valence-corrected chi connectivity index (χ2v) is 5.86. The van der Waals surface area contributed by atoms with Crippen LogP contribution in [-0.2, 0) is 6.54 Å². The molecule has 25 heavy (non-hydrogen) atoms. The van der Waals surface area contributed by atoms with Gasteiger partial charge in [-0.05, 0) is 35.9 Å². The summed E-state index contributed by atoms with van der Waals surface area (Å²) in [6.07, 6.45) is 3.52. The standard InChI is InChI=1S/C21H17N3O/c25-21(20-13-17-8-4-5-11-19(17)23-20)24(18-9-2-1-3-10-18)15-16-7-6-12-22-14-16/h1-14,23H,15H2. The number of benzene rings is 2. The van der Waals surface area contributed by atoms with E-state index in [1.165, 1.54) is 0 Å². The lowest BCUT2D eigenvalue weighted by atomic mass is 10.2. The average molecular weight is 327 g/mol. The quantitative estimate of drug-likeness (QED) is 0.603. The van der Waals surface area contributed by atoms with E-state index in [2.05, 4.69) is 9.97 Å². The Balaban J connectivity index is 1.72. The number of nitrogens with zero attached hydrogens (tertiary/aromatic N) is 2. The molecule has 0 aliphatic heterocycles. The van der Waals surface area contributed by atoms with Crippen molar-refractivity contribution in [3.8, 4) is 0 Å². The van der Waals surface area contributed by atoms with Crippen LogP contribution in [0.4, 0.5) is 5.69 Å². The lowest BCUT2D eigenvalue weighted by molar-refractivity contribution is 0.0981. The van der Waals surface area contributed by atoms with Crippen molar-refractivity contribution in [2.24, 2.45) is 0 Å². The van der Waals surface area contributed by atoms with E-state index in [0.29, 0.717) is 12.2 Å². The molecule has 2 heterocycles. The molecule has 0 saturated carbocycles. The Labute approximate surface area is 145 Å². The Kier molecular flexibility index (Phi) is 4.01. The lowest BCUT2D eigenvalue weighted by Crippen LogP contribution is -2.30. The van der Waals surface area contributed by atoms with E-state index in [1.807, 2.05) is 72.8 Å². The fourth-order valence-corrected chi connectivity index (χ4v) is 2.90. The molecule has 2 aromatic carbocycles. The third kappa shape index (κ3) is 3.15. The van der Waals surface area contributed by atoms with E-state index in [4.69, 9.17) is 0 Å². The van der Waals surface area contributed by atoms with E-state index >= 15 is 0 Å². The van der Waals surface area contributed by atoms with E-state index in [0.717, 1.165) is 22.2 Å². The predicted molar refractivity (Wildman–Crippen MR) is 99.5 cm³/mol.